The molecule has 0 saturated carbocycles. The van der Waals surface area contributed by atoms with Crippen molar-refractivity contribution in [3.8, 4) is 28.5 Å². The Kier molecular flexibility index (Phi) is 3.28. The molecule has 0 fully saturated rings. The zero-order valence-electron chi connectivity index (χ0n) is 13.4. The van der Waals surface area contributed by atoms with E-state index in [1.165, 1.54) is 0 Å². The van der Waals surface area contributed by atoms with Crippen LogP contribution in [0, 0.1) is 0 Å². The predicted molar refractivity (Wildman–Crippen MR) is 93.9 cm³/mol. The van der Waals surface area contributed by atoms with E-state index < -0.39 is 5.91 Å². The number of aromatic nitrogens is 4. The molecule has 7 nitrogen and oxygen atoms in total. The predicted octanol–water partition coefficient (Wildman–Crippen LogP) is 2.43. The van der Waals surface area contributed by atoms with Crippen molar-refractivity contribution in [1.82, 2.24) is 19.7 Å². The van der Waals surface area contributed by atoms with E-state index >= 15 is 0 Å². The summed E-state index contributed by atoms with van der Waals surface area (Å²) in [5.74, 6) is 0.00183. The van der Waals surface area contributed by atoms with Gasteiger partial charge in [-0.25, -0.2) is 4.98 Å². The van der Waals surface area contributed by atoms with Gasteiger partial charge in [-0.15, -0.1) is 0 Å². The van der Waals surface area contributed by atoms with E-state index in [0.29, 0.717) is 33.8 Å². The number of carbonyl (C=O) groups excluding carboxylic acids is 1. The van der Waals surface area contributed by atoms with E-state index in [0.717, 1.165) is 5.56 Å². The zero-order valence-corrected chi connectivity index (χ0v) is 13.4. The van der Waals surface area contributed by atoms with E-state index in [9.17, 15) is 9.90 Å². The molecule has 0 spiro atoms. The van der Waals surface area contributed by atoms with Crippen LogP contribution in [0.1, 0.15) is 10.4 Å². The lowest BCUT2D eigenvalue weighted by atomic mass is 10.1. The van der Waals surface area contributed by atoms with Crippen molar-refractivity contribution in [1.29, 1.82) is 0 Å². The molecule has 0 radical (unpaired) electrons. The van der Waals surface area contributed by atoms with Crippen LogP contribution in [0.4, 0.5) is 0 Å². The average Bonchev–Trinajstić information content (AvgIpc) is 3.15. The van der Waals surface area contributed by atoms with Gasteiger partial charge in [-0.3, -0.25) is 9.48 Å². The van der Waals surface area contributed by atoms with Crippen LogP contribution in [0.15, 0.2) is 48.5 Å². The van der Waals surface area contributed by atoms with Gasteiger partial charge in [0, 0.05) is 18.2 Å². The number of fused-ring (bicyclic) bond motifs is 1. The summed E-state index contributed by atoms with van der Waals surface area (Å²) in [7, 11) is 1.74. The topological polar surface area (TPSA) is 110 Å². The van der Waals surface area contributed by atoms with Crippen molar-refractivity contribution >= 4 is 16.9 Å². The fraction of sp³-hybridized carbons (Fsp3) is 0.0556. The lowest BCUT2D eigenvalue weighted by Gasteiger charge is -1.98. The second kappa shape index (κ2) is 5.48. The number of benzene rings is 2. The van der Waals surface area contributed by atoms with Crippen LogP contribution < -0.4 is 5.73 Å². The third kappa shape index (κ3) is 2.42. The number of amides is 1. The Labute approximate surface area is 142 Å². The first kappa shape index (κ1) is 14.9. The van der Waals surface area contributed by atoms with Crippen molar-refractivity contribution in [2.75, 3.05) is 0 Å². The summed E-state index contributed by atoms with van der Waals surface area (Å²) in [5, 5.41) is 15.1. The molecule has 2 aromatic heterocycles. The van der Waals surface area contributed by atoms with Gasteiger partial charge < -0.3 is 15.8 Å². The number of primary amides is 1. The lowest BCUT2D eigenvalue weighted by molar-refractivity contribution is 0.100. The van der Waals surface area contributed by atoms with E-state index in [1.807, 2.05) is 30.3 Å². The van der Waals surface area contributed by atoms with Crippen molar-refractivity contribution < 1.29 is 9.90 Å². The highest BCUT2D eigenvalue weighted by Crippen LogP contribution is 2.36. The molecule has 2 aromatic carbocycles. The second-order valence-corrected chi connectivity index (χ2v) is 5.72. The van der Waals surface area contributed by atoms with Crippen molar-refractivity contribution in [3.63, 3.8) is 0 Å². The Morgan fingerprint density at radius 2 is 1.96 bits per heavy atom. The number of rotatable bonds is 3. The molecule has 2 heterocycles. The summed E-state index contributed by atoms with van der Waals surface area (Å²) in [4.78, 5) is 18.9. The summed E-state index contributed by atoms with van der Waals surface area (Å²) in [6.45, 7) is 0. The number of aryl methyl sites for hydroxylation is 1. The number of hydrogen-bond acceptors (Lipinski definition) is 4. The number of nitrogens with zero attached hydrogens (tertiary/aromatic N) is 3. The first-order valence-corrected chi connectivity index (χ1v) is 7.66. The molecule has 4 rings (SSSR count). The largest absolute Gasteiger partial charge is 0.504 e. The molecular weight excluding hydrogens is 318 g/mol. The fourth-order valence-corrected chi connectivity index (χ4v) is 2.84. The summed E-state index contributed by atoms with van der Waals surface area (Å²) in [5.41, 5.74) is 8.80. The number of nitrogens with two attached hydrogens (primary N) is 1. The van der Waals surface area contributed by atoms with Gasteiger partial charge in [0.2, 0.25) is 5.91 Å². The highest BCUT2D eigenvalue weighted by atomic mass is 16.3. The molecule has 0 aliphatic carbocycles. The second-order valence-electron chi connectivity index (χ2n) is 5.72. The summed E-state index contributed by atoms with van der Waals surface area (Å²) in [6.07, 6.45) is 0. The minimum Gasteiger partial charge on any atom is -0.504 e. The molecule has 0 aliphatic rings. The van der Waals surface area contributed by atoms with Gasteiger partial charge in [-0.1, -0.05) is 30.3 Å². The van der Waals surface area contributed by atoms with Crippen molar-refractivity contribution in [3.05, 3.63) is 54.1 Å². The number of nitrogens with one attached hydrogen (secondary N) is 1. The molecule has 0 aliphatic heterocycles. The molecule has 0 saturated heterocycles. The average molecular weight is 333 g/mol. The van der Waals surface area contributed by atoms with Crippen molar-refractivity contribution in [2.45, 2.75) is 0 Å². The molecule has 25 heavy (non-hydrogen) atoms. The Balaban J connectivity index is 1.86. The van der Waals surface area contributed by atoms with Crippen LogP contribution in [0.25, 0.3) is 33.8 Å². The molecule has 7 heteroatoms. The van der Waals surface area contributed by atoms with Crippen LogP contribution >= 0.6 is 0 Å². The van der Waals surface area contributed by atoms with Crippen molar-refractivity contribution in [2.24, 2.45) is 12.8 Å². The van der Waals surface area contributed by atoms with Gasteiger partial charge in [0.15, 0.2) is 11.6 Å². The molecule has 4 aromatic rings. The molecule has 124 valence electrons. The van der Waals surface area contributed by atoms with Crippen LogP contribution in [0.5, 0.6) is 5.75 Å². The Morgan fingerprint density at radius 3 is 2.68 bits per heavy atom. The molecule has 0 atom stereocenters. The van der Waals surface area contributed by atoms with E-state index in [4.69, 9.17) is 5.73 Å². The fourth-order valence-electron chi connectivity index (χ4n) is 2.84. The third-order valence-corrected chi connectivity index (χ3v) is 4.06. The van der Waals surface area contributed by atoms with E-state index in [2.05, 4.69) is 15.1 Å². The molecule has 1 amide bonds. The third-order valence-electron chi connectivity index (χ3n) is 4.06. The minimum absolute atomic E-state index is 0.0443. The SMILES string of the molecule is Cn1nc(-c2ccccc2)c(O)c1-c1nc2ccc(C(N)=O)cc2[nH]1. The van der Waals surface area contributed by atoms with Crippen LogP contribution in [-0.2, 0) is 7.05 Å². The zero-order chi connectivity index (χ0) is 17.6. The first-order valence-electron chi connectivity index (χ1n) is 7.66. The Hall–Kier alpha value is -3.61. The number of H-pyrrole nitrogens is 1. The summed E-state index contributed by atoms with van der Waals surface area (Å²) in [6, 6.07) is 14.4. The molecule has 4 N–H and O–H groups in total. The number of aromatic hydroxyl groups is 1. The van der Waals surface area contributed by atoms with E-state index in [-0.39, 0.29) is 5.75 Å². The highest BCUT2D eigenvalue weighted by molar-refractivity contribution is 5.96. The quantitative estimate of drug-likeness (QED) is 0.535. The standard InChI is InChI=1S/C18H15N5O2/c1-23-15(16(24)14(22-23)10-5-3-2-4-6-10)18-20-12-8-7-11(17(19)25)9-13(12)21-18/h2-9,24H,1H3,(H2,19,25)(H,20,21). The monoisotopic (exact) mass is 333 g/mol. The lowest BCUT2D eigenvalue weighted by Crippen LogP contribution is -2.10. The number of hydrogen-bond donors (Lipinski definition) is 3. The van der Waals surface area contributed by atoms with Gasteiger partial charge in [-0.2, -0.15) is 5.10 Å². The maximum atomic E-state index is 11.3. The normalized spacial score (nSPS) is 11.1. The highest BCUT2D eigenvalue weighted by Gasteiger charge is 2.21. The number of imidazole rings is 1. The summed E-state index contributed by atoms with van der Waals surface area (Å²) < 4.78 is 1.57. The van der Waals surface area contributed by atoms with Crippen LogP contribution in [0.3, 0.4) is 0 Å². The molecule has 0 unspecified atom stereocenters. The smallest absolute Gasteiger partial charge is 0.248 e. The van der Waals surface area contributed by atoms with Gasteiger partial charge in [0.25, 0.3) is 0 Å². The maximum Gasteiger partial charge on any atom is 0.248 e. The Bertz CT molecular complexity index is 1100. The maximum absolute atomic E-state index is 11.3. The van der Waals surface area contributed by atoms with Crippen LogP contribution in [-0.4, -0.2) is 30.8 Å². The Morgan fingerprint density at radius 1 is 1.20 bits per heavy atom. The van der Waals surface area contributed by atoms with Gasteiger partial charge >= 0.3 is 0 Å². The molecule has 0 bridgehead atoms. The van der Waals surface area contributed by atoms with Gasteiger partial charge in [-0.05, 0) is 18.2 Å². The van der Waals surface area contributed by atoms with Crippen LogP contribution in [0.2, 0.25) is 0 Å². The van der Waals surface area contributed by atoms with Gasteiger partial charge in [0.05, 0.1) is 11.0 Å². The molecular formula is C18H15N5O2. The van der Waals surface area contributed by atoms with Gasteiger partial charge in [0.1, 0.15) is 11.4 Å². The summed E-state index contributed by atoms with van der Waals surface area (Å²) >= 11 is 0. The number of carbonyl (C=O) groups is 1. The van der Waals surface area contributed by atoms with E-state index in [1.54, 1.807) is 29.9 Å². The minimum atomic E-state index is -0.507. The number of aromatic amines is 1. The first-order chi connectivity index (χ1) is 12.0.